The number of benzene rings is 1. The molecule has 0 unspecified atom stereocenters. The Hall–Kier alpha value is -1.68. The molecule has 1 aromatic carbocycles. The second-order valence-electron chi connectivity index (χ2n) is 5.73. The number of nitrogens with one attached hydrogen (secondary N) is 1. The van der Waals surface area contributed by atoms with Crippen LogP contribution in [-0.2, 0) is 20.9 Å². The van der Waals surface area contributed by atoms with Gasteiger partial charge in [0.2, 0.25) is 0 Å². The van der Waals surface area contributed by atoms with Crippen molar-refractivity contribution in [3.63, 3.8) is 0 Å². The minimum atomic E-state index is -0.532. The van der Waals surface area contributed by atoms with Crippen molar-refractivity contribution >= 4 is 11.8 Å². The Morgan fingerprint density at radius 2 is 1.95 bits per heavy atom. The predicted molar refractivity (Wildman–Crippen MR) is 80.7 cm³/mol. The molecular formula is C17H23NO3. The second-order valence-corrected chi connectivity index (χ2v) is 5.73. The van der Waals surface area contributed by atoms with Crippen molar-refractivity contribution in [1.82, 2.24) is 5.32 Å². The molecule has 2 rings (SSSR count). The molecule has 0 heterocycles. The van der Waals surface area contributed by atoms with E-state index in [2.05, 4.69) is 5.32 Å². The fourth-order valence-electron chi connectivity index (χ4n) is 2.36. The van der Waals surface area contributed by atoms with E-state index in [4.69, 9.17) is 4.74 Å². The maximum absolute atomic E-state index is 12.3. The second kappa shape index (κ2) is 6.85. The summed E-state index contributed by atoms with van der Waals surface area (Å²) in [5.74, 6) is -0.134. The highest BCUT2D eigenvalue weighted by Gasteiger charge is 2.52. The Balaban J connectivity index is 1.81. The van der Waals surface area contributed by atoms with Crippen LogP contribution in [0, 0.1) is 5.41 Å². The van der Waals surface area contributed by atoms with Crippen molar-refractivity contribution in [3.05, 3.63) is 35.9 Å². The van der Waals surface area contributed by atoms with Gasteiger partial charge in [0.05, 0.1) is 18.1 Å². The van der Waals surface area contributed by atoms with E-state index >= 15 is 0 Å². The van der Waals surface area contributed by atoms with Crippen LogP contribution in [0.4, 0.5) is 0 Å². The largest absolute Gasteiger partial charge is 0.466 e. The molecule has 4 heteroatoms. The number of ketones is 1. The van der Waals surface area contributed by atoms with E-state index in [0.717, 1.165) is 18.4 Å². The molecule has 1 aromatic rings. The molecule has 21 heavy (non-hydrogen) atoms. The number of esters is 1. The smallest absolute Gasteiger partial charge is 0.312 e. The first-order valence-electron chi connectivity index (χ1n) is 7.54. The molecule has 114 valence electrons. The number of rotatable bonds is 8. The van der Waals surface area contributed by atoms with Crippen LogP contribution in [0.2, 0.25) is 0 Å². The molecule has 1 saturated carbocycles. The molecule has 1 fully saturated rings. The van der Waals surface area contributed by atoms with Gasteiger partial charge >= 0.3 is 5.97 Å². The lowest BCUT2D eigenvalue weighted by atomic mass is 9.96. The predicted octanol–water partition coefficient (Wildman–Crippen LogP) is 2.47. The Bertz CT molecular complexity index is 494. The standard InChI is InChI=1S/C17H23NO3/c1-3-21-16(20)17(9-10-17)11-15(19)13(2)18-12-14-7-5-4-6-8-14/h4-8,13,18H,3,9-12H2,1-2H3/t13-/m0/s1. The average molecular weight is 289 g/mol. The first-order valence-corrected chi connectivity index (χ1v) is 7.54. The zero-order valence-electron chi connectivity index (χ0n) is 12.7. The van der Waals surface area contributed by atoms with Crippen LogP contribution < -0.4 is 5.32 Å². The molecule has 0 spiro atoms. The van der Waals surface area contributed by atoms with Crippen LogP contribution in [0.25, 0.3) is 0 Å². The Labute approximate surface area is 125 Å². The first-order chi connectivity index (χ1) is 10.1. The van der Waals surface area contributed by atoms with Gasteiger partial charge in [-0.15, -0.1) is 0 Å². The lowest BCUT2D eigenvalue weighted by Crippen LogP contribution is -2.36. The summed E-state index contributed by atoms with van der Waals surface area (Å²) in [4.78, 5) is 24.1. The van der Waals surface area contributed by atoms with Gasteiger partial charge in [-0.2, -0.15) is 0 Å². The van der Waals surface area contributed by atoms with Crippen LogP contribution in [0.3, 0.4) is 0 Å². The van der Waals surface area contributed by atoms with Crippen LogP contribution in [-0.4, -0.2) is 24.4 Å². The summed E-state index contributed by atoms with van der Waals surface area (Å²) >= 11 is 0. The van der Waals surface area contributed by atoms with E-state index in [1.54, 1.807) is 6.92 Å². The highest BCUT2D eigenvalue weighted by atomic mass is 16.5. The molecule has 1 N–H and O–H groups in total. The third-order valence-corrected chi connectivity index (χ3v) is 4.01. The summed E-state index contributed by atoms with van der Waals surface area (Å²) in [7, 11) is 0. The monoisotopic (exact) mass is 289 g/mol. The fraction of sp³-hybridized carbons (Fsp3) is 0.529. The van der Waals surface area contributed by atoms with Gasteiger partial charge in [0.1, 0.15) is 0 Å². The van der Waals surface area contributed by atoms with Crippen molar-refractivity contribution in [2.24, 2.45) is 5.41 Å². The molecule has 4 nitrogen and oxygen atoms in total. The van der Waals surface area contributed by atoms with Crippen LogP contribution >= 0.6 is 0 Å². The molecule has 1 atom stereocenters. The summed E-state index contributed by atoms with van der Waals surface area (Å²) in [6.07, 6.45) is 1.82. The average Bonchev–Trinajstić information content (AvgIpc) is 3.27. The molecule has 1 aliphatic carbocycles. The fourth-order valence-corrected chi connectivity index (χ4v) is 2.36. The lowest BCUT2D eigenvalue weighted by Gasteiger charge is -2.17. The number of carbonyl (C=O) groups is 2. The van der Waals surface area contributed by atoms with Crippen molar-refractivity contribution in [3.8, 4) is 0 Å². The summed E-state index contributed by atoms with van der Waals surface area (Å²) < 4.78 is 5.07. The van der Waals surface area contributed by atoms with Gasteiger partial charge in [0.15, 0.2) is 5.78 Å². The zero-order valence-corrected chi connectivity index (χ0v) is 12.7. The topological polar surface area (TPSA) is 55.4 Å². The first kappa shape index (κ1) is 15.7. The maximum Gasteiger partial charge on any atom is 0.312 e. The lowest BCUT2D eigenvalue weighted by molar-refractivity contribution is -0.151. The Kier molecular flexibility index (Phi) is 5.12. The van der Waals surface area contributed by atoms with Gasteiger partial charge in [-0.1, -0.05) is 30.3 Å². The summed E-state index contributed by atoms with van der Waals surface area (Å²) in [5.41, 5.74) is 0.610. The summed E-state index contributed by atoms with van der Waals surface area (Å²) in [6, 6.07) is 9.70. The number of carbonyl (C=O) groups excluding carboxylic acids is 2. The van der Waals surface area contributed by atoms with Gasteiger partial charge in [0.25, 0.3) is 0 Å². The molecule has 0 radical (unpaired) electrons. The Morgan fingerprint density at radius 1 is 1.29 bits per heavy atom. The van der Waals surface area contributed by atoms with Crippen molar-refractivity contribution < 1.29 is 14.3 Å². The third kappa shape index (κ3) is 4.14. The van der Waals surface area contributed by atoms with E-state index in [1.165, 1.54) is 0 Å². The molecule has 0 amide bonds. The minimum absolute atomic E-state index is 0.0801. The summed E-state index contributed by atoms with van der Waals surface area (Å²) in [6.45, 7) is 4.67. The van der Waals surface area contributed by atoms with Crippen LogP contribution in [0.5, 0.6) is 0 Å². The Morgan fingerprint density at radius 3 is 2.52 bits per heavy atom. The number of hydrogen-bond donors (Lipinski definition) is 1. The quantitative estimate of drug-likeness (QED) is 0.747. The van der Waals surface area contributed by atoms with Gasteiger partial charge in [-0.25, -0.2) is 0 Å². The van der Waals surface area contributed by atoms with Gasteiger partial charge < -0.3 is 10.1 Å². The number of hydrogen-bond acceptors (Lipinski definition) is 4. The van der Waals surface area contributed by atoms with Crippen molar-refractivity contribution in [2.45, 2.75) is 45.7 Å². The SMILES string of the molecule is CCOC(=O)C1(CC(=O)[C@H](C)NCc2ccccc2)CC1. The highest BCUT2D eigenvalue weighted by molar-refractivity contribution is 5.91. The van der Waals surface area contributed by atoms with E-state index in [1.807, 2.05) is 37.3 Å². The number of Topliss-reactive ketones (excluding diaryl/α,β-unsaturated/α-hetero) is 1. The highest BCUT2D eigenvalue weighted by Crippen LogP contribution is 2.50. The normalized spacial score (nSPS) is 17.0. The zero-order chi connectivity index (χ0) is 15.3. The molecule has 1 aliphatic rings. The molecule has 0 aliphatic heterocycles. The third-order valence-electron chi connectivity index (χ3n) is 4.01. The van der Waals surface area contributed by atoms with E-state index < -0.39 is 5.41 Å². The van der Waals surface area contributed by atoms with E-state index in [9.17, 15) is 9.59 Å². The van der Waals surface area contributed by atoms with Gasteiger partial charge in [-0.05, 0) is 32.3 Å². The van der Waals surface area contributed by atoms with E-state index in [-0.39, 0.29) is 24.2 Å². The minimum Gasteiger partial charge on any atom is -0.466 e. The summed E-state index contributed by atoms with van der Waals surface area (Å²) in [5, 5.41) is 3.22. The molecule has 0 aromatic heterocycles. The maximum atomic E-state index is 12.3. The van der Waals surface area contributed by atoms with Gasteiger partial charge in [-0.3, -0.25) is 9.59 Å². The van der Waals surface area contributed by atoms with Crippen molar-refractivity contribution in [1.29, 1.82) is 0 Å². The van der Waals surface area contributed by atoms with Crippen LogP contribution in [0.15, 0.2) is 30.3 Å². The molecular weight excluding hydrogens is 266 g/mol. The van der Waals surface area contributed by atoms with Crippen LogP contribution in [0.1, 0.15) is 38.7 Å². The molecule has 0 saturated heterocycles. The number of ether oxygens (including phenoxy) is 1. The van der Waals surface area contributed by atoms with E-state index in [0.29, 0.717) is 13.2 Å². The van der Waals surface area contributed by atoms with Crippen molar-refractivity contribution in [2.75, 3.05) is 6.61 Å². The molecule has 0 bridgehead atoms. The van der Waals surface area contributed by atoms with Gasteiger partial charge in [0, 0.05) is 13.0 Å².